The lowest BCUT2D eigenvalue weighted by molar-refractivity contribution is 0.105. The highest BCUT2D eigenvalue weighted by atomic mass is 16.3. The van der Waals surface area contributed by atoms with E-state index in [0.29, 0.717) is 18.7 Å². The molecule has 0 bridgehead atoms. The molecule has 0 amide bonds. The van der Waals surface area contributed by atoms with Gasteiger partial charge in [-0.25, -0.2) is 0 Å². The predicted molar refractivity (Wildman–Crippen MR) is 77.8 cm³/mol. The number of rotatable bonds is 8. The highest BCUT2D eigenvalue weighted by molar-refractivity contribution is 4.84. The molecular formula is C15H32N2O. The van der Waals surface area contributed by atoms with Gasteiger partial charge in [0.1, 0.15) is 0 Å². The molecule has 3 heteroatoms. The molecule has 3 nitrogen and oxygen atoms in total. The highest BCUT2D eigenvalue weighted by Crippen LogP contribution is 2.23. The predicted octanol–water partition coefficient (Wildman–Crippen LogP) is 2.25. The van der Waals surface area contributed by atoms with Gasteiger partial charge >= 0.3 is 0 Å². The van der Waals surface area contributed by atoms with Crippen molar-refractivity contribution >= 4 is 0 Å². The van der Waals surface area contributed by atoms with E-state index >= 15 is 0 Å². The van der Waals surface area contributed by atoms with Crippen LogP contribution in [0.25, 0.3) is 0 Å². The number of unbranched alkanes of at least 4 members (excludes halogenated alkanes) is 1. The van der Waals surface area contributed by atoms with Gasteiger partial charge in [0.25, 0.3) is 0 Å². The van der Waals surface area contributed by atoms with Gasteiger partial charge in [0, 0.05) is 31.8 Å². The molecule has 0 spiro atoms. The first-order chi connectivity index (χ1) is 8.67. The van der Waals surface area contributed by atoms with E-state index in [2.05, 4.69) is 31.0 Å². The van der Waals surface area contributed by atoms with E-state index < -0.39 is 0 Å². The van der Waals surface area contributed by atoms with Gasteiger partial charge in [0.15, 0.2) is 0 Å². The molecule has 2 atom stereocenters. The maximum absolute atomic E-state index is 8.85. The summed E-state index contributed by atoms with van der Waals surface area (Å²) in [6.45, 7) is 10.6. The van der Waals surface area contributed by atoms with Gasteiger partial charge in [-0.2, -0.15) is 0 Å². The smallest absolute Gasteiger partial charge is 0.0443 e. The summed E-state index contributed by atoms with van der Waals surface area (Å²) in [7, 11) is 0. The van der Waals surface area contributed by atoms with E-state index in [1.54, 1.807) is 0 Å². The Labute approximate surface area is 113 Å². The van der Waals surface area contributed by atoms with Crippen molar-refractivity contribution in [1.82, 2.24) is 10.2 Å². The number of aliphatic hydroxyl groups is 1. The van der Waals surface area contributed by atoms with Crippen LogP contribution in [0.3, 0.4) is 0 Å². The van der Waals surface area contributed by atoms with Crippen LogP contribution in [0.4, 0.5) is 0 Å². The number of nitrogens with one attached hydrogen (secondary N) is 1. The second-order valence-corrected chi connectivity index (χ2v) is 6.02. The SMILES string of the molecule is CCCCC1CC(NCCCO)CN(C(C)C)C1. The number of aliphatic hydroxyl groups excluding tert-OH is 1. The molecule has 0 aromatic heterocycles. The first kappa shape index (κ1) is 15.9. The van der Waals surface area contributed by atoms with Gasteiger partial charge in [-0.1, -0.05) is 19.8 Å². The number of hydrogen-bond acceptors (Lipinski definition) is 3. The van der Waals surface area contributed by atoms with Crippen molar-refractivity contribution in [3.8, 4) is 0 Å². The minimum absolute atomic E-state index is 0.298. The van der Waals surface area contributed by atoms with Crippen molar-refractivity contribution in [2.75, 3.05) is 26.2 Å². The maximum Gasteiger partial charge on any atom is 0.0443 e. The summed E-state index contributed by atoms with van der Waals surface area (Å²) < 4.78 is 0. The van der Waals surface area contributed by atoms with Crippen LogP contribution in [0.2, 0.25) is 0 Å². The minimum Gasteiger partial charge on any atom is -0.396 e. The van der Waals surface area contributed by atoms with E-state index in [-0.39, 0.29) is 0 Å². The lowest BCUT2D eigenvalue weighted by Gasteiger charge is -2.40. The summed E-state index contributed by atoms with van der Waals surface area (Å²) in [6.07, 6.45) is 6.23. The molecule has 2 unspecified atom stereocenters. The van der Waals surface area contributed by atoms with Gasteiger partial charge in [0.05, 0.1) is 0 Å². The molecule has 0 saturated carbocycles. The van der Waals surface area contributed by atoms with Gasteiger partial charge in [-0.15, -0.1) is 0 Å². The molecule has 108 valence electrons. The third-order valence-corrected chi connectivity index (χ3v) is 4.03. The molecule has 1 saturated heterocycles. The van der Waals surface area contributed by atoms with Crippen LogP contribution in [-0.4, -0.2) is 48.3 Å². The van der Waals surface area contributed by atoms with Crippen LogP contribution in [0, 0.1) is 5.92 Å². The van der Waals surface area contributed by atoms with Crippen molar-refractivity contribution in [1.29, 1.82) is 0 Å². The zero-order chi connectivity index (χ0) is 13.4. The Morgan fingerprint density at radius 2 is 2.06 bits per heavy atom. The van der Waals surface area contributed by atoms with Gasteiger partial charge in [0.2, 0.25) is 0 Å². The largest absolute Gasteiger partial charge is 0.396 e. The zero-order valence-corrected chi connectivity index (χ0v) is 12.5. The lowest BCUT2D eigenvalue weighted by Crippen LogP contribution is -2.51. The van der Waals surface area contributed by atoms with E-state index in [4.69, 9.17) is 5.11 Å². The van der Waals surface area contributed by atoms with Gasteiger partial charge < -0.3 is 10.4 Å². The molecule has 0 aromatic carbocycles. The molecule has 0 aliphatic carbocycles. The normalized spacial score (nSPS) is 25.8. The second-order valence-electron chi connectivity index (χ2n) is 6.02. The van der Waals surface area contributed by atoms with Gasteiger partial charge in [-0.05, 0) is 45.6 Å². The summed E-state index contributed by atoms with van der Waals surface area (Å²) in [5, 5.41) is 12.5. The Morgan fingerprint density at radius 3 is 2.67 bits per heavy atom. The molecule has 0 aromatic rings. The quantitative estimate of drug-likeness (QED) is 0.654. The Bertz CT molecular complexity index is 209. The number of nitrogens with zero attached hydrogens (tertiary/aromatic N) is 1. The van der Waals surface area contributed by atoms with Crippen LogP contribution < -0.4 is 5.32 Å². The van der Waals surface area contributed by atoms with Crippen molar-refractivity contribution in [3.63, 3.8) is 0 Å². The summed E-state index contributed by atoms with van der Waals surface area (Å²) in [4.78, 5) is 2.61. The number of hydrogen-bond donors (Lipinski definition) is 2. The summed E-state index contributed by atoms with van der Waals surface area (Å²) in [5.74, 6) is 0.854. The second kappa shape index (κ2) is 8.89. The summed E-state index contributed by atoms with van der Waals surface area (Å²) >= 11 is 0. The molecular weight excluding hydrogens is 224 g/mol. The van der Waals surface area contributed by atoms with Crippen LogP contribution in [0.1, 0.15) is 52.9 Å². The summed E-state index contributed by atoms with van der Waals surface area (Å²) in [6, 6.07) is 1.27. The average Bonchev–Trinajstić information content (AvgIpc) is 2.36. The van der Waals surface area contributed by atoms with E-state index in [1.807, 2.05) is 0 Å². The molecule has 1 aliphatic rings. The Morgan fingerprint density at radius 1 is 1.28 bits per heavy atom. The fraction of sp³-hybridized carbons (Fsp3) is 1.00. The Balaban J connectivity index is 2.40. The monoisotopic (exact) mass is 256 g/mol. The lowest BCUT2D eigenvalue weighted by atomic mass is 9.89. The van der Waals surface area contributed by atoms with E-state index in [9.17, 15) is 0 Å². The topological polar surface area (TPSA) is 35.5 Å². The third-order valence-electron chi connectivity index (χ3n) is 4.03. The highest BCUT2D eigenvalue weighted by Gasteiger charge is 2.27. The molecule has 1 aliphatic heterocycles. The van der Waals surface area contributed by atoms with Crippen LogP contribution in [0.15, 0.2) is 0 Å². The molecule has 0 radical (unpaired) electrons. The third kappa shape index (κ3) is 5.68. The van der Waals surface area contributed by atoms with Gasteiger partial charge in [-0.3, -0.25) is 4.90 Å². The van der Waals surface area contributed by atoms with Crippen molar-refractivity contribution in [3.05, 3.63) is 0 Å². The first-order valence-corrected chi connectivity index (χ1v) is 7.75. The van der Waals surface area contributed by atoms with E-state index in [0.717, 1.165) is 18.9 Å². The van der Waals surface area contributed by atoms with Crippen LogP contribution >= 0.6 is 0 Å². The van der Waals surface area contributed by atoms with E-state index in [1.165, 1.54) is 38.8 Å². The van der Waals surface area contributed by atoms with Crippen molar-refractivity contribution in [2.24, 2.45) is 5.92 Å². The fourth-order valence-electron chi connectivity index (χ4n) is 2.90. The van der Waals surface area contributed by atoms with Crippen molar-refractivity contribution in [2.45, 2.75) is 65.0 Å². The molecule has 1 heterocycles. The van der Waals surface area contributed by atoms with Crippen LogP contribution in [0.5, 0.6) is 0 Å². The summed E-state index contributed by atoms with van der Waals surface area (Å²) in [5.41, 5.74) is 0. The average molecular weight is 256 g/mol. The number of piperidine rings is 1. The fourth-order valence-corrected chi connectivity index (χ4v) is 2.90. The Kier molecular flexibility index (Phi) is 7.87. The minimum atomic E-state index is 0.298. The molecule has 2 N–H and O–H groups in total. The Hall–Kier alpha value is -0.120. The molecule has 18 heavy (non-hydrogen) atoms. The van der Waals surface area contributed by atoms with Crippen LogP contribution in [-0.2, 0) is 0 Å². The maximum atomic E-state index is 8.85. The zero-order valence-electron chi connectivity index (χ0n) is 12.5. The molecule has 1 fully saturated rings. The standard InChI is InChI=1S/C15H32N2O/c1-4-5-7-14-10-15(16-8-6-9-18)12-17(11-14)13(2)3/h13-16,18H,4-12H2,1-3H3. The number of likely N-dealkylation sites (tertiary alicyclic amines) is 1. The first-order valence-electron chi connectivity index (χ1n) is 7.75. The van der Waals surface area contributed by atoms with Crippen molar-refractivity contribution < 1.29 is 5.11 Å². The molecule has 1 rings (SSSR count).